The number of halogens is 1. The van der Waals surface area contributed by atoms with Gasteiger partial charge in [-0.3, -0.25) is 0 Å². The van der Waals surface area contributed by atoms with E-state index in [4.69, 9.17) is 5.11 Å². The monoisotopic (exact) mass is 411 g/mol. The van der Waals surface area contributed by atoms with E-state index in [-0.39, 0.29) is 4.90 Å². The van der Waals surface area contributed by atoms with Gasteiger partial charge in [0, 0.05) is 22.9 Å². The maximum Gasteiger partial charge on any atom is 0.327 e. The molecule has 0 bridgehead atoms. The number of hydrogen-bond donors (Lipinski definition) is 1. The van der Waals surface area contributed by atoms with Gasteiger partial charge in [-0.05, 0) is 41.7 Å². The summed E-state index contributed by atoms with van der Waals surface area (Å²) in [7, 11) is -3.65. The van der Waals surface area contributed by atoms with Gasteiger partial charge in [-0.2, -0.15) is 0 Å². The van der Waals surface area contributed by atoms with Gasteiger partial charge in [0.25, 0.3) is 10.0 Å². The number of allylic oxidation sites excluding steroid dienone is 1. The number of carbonyl (C=O) groups is 1. The number of carboxylic acid groups (broad SMARTS) is 1. The van der Waals surface area contributed by atoms with Crippen molar-refractivity contribution in [2.45, 2.75) is 25.2 Å². The fourth-order valence-electron chi connectivity index (χ4n) is 2.30. The van der Waals surface area contributed by atoms with Gasteiger partial charge in [0.05, 0.1) is 4.90 Å². The molecule has 5 nitrogen and oxygen atoms in total. The highest BCUT2D eigenvalue weighted by molar-refractivity contribution is 9.10. The third-order valence-electron chi connectivity index (χ3n) is 3.44. The molecule has 0 spiro atoms. The molecular formula is C17H18BrNO4S. The lowest BCUT2D eigenvalue weighted by Crippen LogP contribution is -2.13. The molecule has 2 aromatic rings. The van der Waals surface area contributed by atoms with Crippen molar-refractivity contribution >= 4 is 31.9 Å². The lowest BCUT2D eigenvalue weighted by atomic mass is 9.86. The molecule has 0 saturated heterocycles. The Labute approximate surface area is 149 Å². The quantitative estimate of drug-likeness (QED) is 0.735. The largest absolute Gasteiger partial charge is 0.478 e. The molecule has 128 valence electrons. The van der Waals surface area contributed by atoms with Crippen LogP contribution in [-0.4, -0.2) is 23.5 Å². The standard InChI is InChI=1S/C17H18BrNO4S/c1-17(2,8-6-16(20)21)11-13-7-9-19(12-13)24(22,23)15-5-3-4-14(18)10-15/h3-10,12H,11H2,1-2H3,(H,20,21)/b8-6+. The van der Waals surface area contributed by atoms with Crippen LogP contribution in [0.4, 0.5) is 0 Å². The second kappa shape index (κ2) is 6.94. The van der Waals surface area contributed by atoms with Crippen LogP contribution < -0.4 is 0 Å². The summed E-state index contributed by atoms with van der Waals surface area (Å²) in [6, 6.07) is 8.25. The summed E-state index contributed by atoms with van der Waals surface area (Å²) in [4.78, 5) is 10.8. The van der Waals surface area contributed by atoms with Crippen LogP contribution in [0.2, 0.25) is 0 Å². The van der Waals surface area contributed by atoms with Gasteiger partial charge in [-0.1, -0.05) is 41.9 Å². The van der Waals surface area contributed by atoms with Crippen molar-refractivity contribution < 1.29 is 18.3 Å². The van der Waals surface area contributed by atoms with Gasteiger partial charge in [-0.15, -0.1) is 0 Å². The first-order valence-corrected chi connectivity index (χ1v) is 9.44. The first-order valence-electron chi connectivity index (χ1n) is 7.20. The van der Waals surface area contributed by atoms with Crippen molar-refractivity contribution in [3.8, 4) is 0 Å². The molecule has 0 unspecified atom stereocenters. The van der Waals surface area contributed by atoms with Gasteiger partial charge in [0.2, 0.25) is 0 Å². The molecule has 0 aliphatic rings. The number of aromatic nitrogens is 1. The molecule has 1 aromatic heterocycles. The Morgan fingerprint density at radius 3 is 2.67 bits per heavy atom. The second-order valence-electron chi connectivity index (χ2n) is 6.15. The number of benzene rings is 1. The van der Waals surface area contributed by atoms with Crippen molar-refractivity contribution in [1.82, 2.24) is 3.97 Å². The van der Waals surface area contributed by atoms with E-state index in [1.807, 2.05) is 13.8 Å². The molecule has 0 fully saturated rings. The number of nitrogens with zero attached hydrogens (tertiary/aromatic N) is 1. The number of hydrogen-bond acceptors (Lipinski definition) is 3. The van der Waals surface area contributed by atoms with Crippen LogP contribution in [0.3, 0.4) is 0 Å². The highest BCUT2D eigenvalue weighted by atomic mass is 79.9. The first-order chi connectivity index (χ1) is 11.1. The number of aliphatic carboxylic acids is 1. The summed E-state index contributed by atoms with van der Waals surface area (Å²) in [5.74, 6) is -1.00. The Morgan fingerprint density at radius 2 is 2.04 bits per heavy atom. The Bertz CT molecular complexity index is 882. The van der Waals surface area contributed by atoms with E-state index < -0.39 is 21.4 Å². The van der Waals surface area contributed by atoms with E-state index in [9.17, 15) is 13.2 Å². The Kier molecular flexibility index (Phi) is 5.35. The minimum Gasteiger partial charge on any atom is -0.478 e. The molecule has 0 saturated carbocycles. The molecule has 2 rings (SSSR count). The molecule has 7 heteroatoms. The fraction of sp³-hybridized carbons (Fsp3) is 0.235. The average Bonchev–Trinajstić information content (AvgIpc) is 2.94. The summed E-state index contributed by atoms with van der Waals surface area (Å²) in [5, 5.41) is 8.73. The minimum atomic E-state index is -3.65. The summed E-state index contributed by atoms with van der Waals surface area (Å²) in [6.07, 6.45) is 6.30. The van der Waals surface area contributed by atoms with Gasteiger partial charge in [-0.25, -0.2) is 17.2 Å². The molecule has 0 atom stereocenters. The van der Waals surface area contributed by atoms with Crippen molar-refractivity contribution in [3.63, 3.8) is 0 Å². The number of carboxylic acids is 1. The topological polar surface area (TPSA) is 76.4 Å². The predicted molar refractivity (Wildman–Crippen MR) is 95.4 cm³/mol. The predicted octanol–water partition coefficient (Wildman–Crippen LogP) is 3.70. The van der Waals surface area contributed by atoms with Crippen LogP contribution in [0.5, 0.6) is 0 Å². The van der Waals surface area contributed by atoms with Crippen molar-refractivity contribution in [2.75, 3.05) is 0 Å². The molecule has 0 radical (unpaired) electrons. The average molecular weight is 412 g/mol. The Morgan fingerprint density at radius 1 is 1.33 bits per heavy atom. The van der Waals surface area contributed by atoms with E-state index in [2.05, 4.69) is 15.9 Å². The van der Waals surface area contributed by atoms with Crippen LogP contribution in [0.15, 0.2) is 64.2 Å². The summed E-state index contributed by atoms with van der Waals surface area (Å²) < 4.78 is 27.1. The number of rotatable bonds is 6. The lowest BCUT2D eigenvalue weighted by Gasteiger charge is -2.18. The normalized spacial score (nSPS) is 12.6. The third kappa shape index (κ3) is 4.58. The maximum atomic E-state index is 12.6. The van der Waals surface area contributed by atoms with Crippen molar-refractivity contribution in [3.05, 3.63) is 64.9 Å². The van der Waals surface area contributed by atoms with E-state index in [1.54, 1.807) is 42.6 Å². The van der Waals surface area contributed by atoms with Crippen LogP contribution >= 0.6 is 15.9 Å². The van der Waals surface area contributed by atoms with E-state index in [0.29, 0.717) is 10.9 Å². The summed E-state index contributed by atoms with van der Waals surface area (Å²) in [5.41, 5.74) is 0.415. The van der Waals surface area contributed by atoms with Crippen LogP contribution in [-0.2, 0) is 21.2 Å². The van der Waals surface area contributed by atoms with Crippen molar-refractivity contribution in [1.29, 1.82) is 0 Å². The molecule has 1 aromatic carbocycles. The molecule has 0 aliphatic heterocycles. The van der Waals surface area contributed by atoms with Gasteiger partial charge in [0.15, 0.2) is 0 Å². The van der Waals surface area contributed by atoms with Crippen LogP contribution in [0, 0.1) is 5.41 Å². The smallest absolute Gasteiger partial charge is 0.327 e. The SMILES string of the molecule is CC(C)(/C=C/C(=O)O)Cc1ccn(S(=O)(=O)c2cccc(Br)c2)c1. The highest BCUT2D eigenvalue weighted by Crippen LogP contribution is 2.25. The highest BCUT2D eigenvalue weighted by Gasteiger charge is 2.20. The zero-order valence-corrected chi connectivity index (χ0v) is 15.7. The molecule has 0 amide bonds. The molecular weight excluding hydrogens is 394 g/mol. The van der Waals surface area contributed by atoms with Crippen LogP contribution in [0.25, 0.3) is 0 Å². The van der Waals surface area contributed by atoms with E-state index >= 15 is 0 Å². The zero-order valence-electron chi connectivity index (χ0n) is 13.3. The van der Waals surface area contributed by atoms with E-state index in [1.165, 1.54) is 10.2 Å². The Balaban J connectivity index is 2.26. The maximum absolute atomic E-state index is 12.6. The van der Waals surface area contributed by atoms with E-state index in [0.717, 1.165) is 11.6 Å². The molecule has 24 heavy (non-hydrogen) atoms. The summed E-state index contributed by atoms with van der Waals surface area (Å²) in [6.45, 7) is 3.79. The minimum absolute atomic E-state index is 0.198. The van der Waals surface area contributed by atoms with Crippen LogP contribution in [0.1, 0.15) is 19.4 Å². The van der Waals surface area contributed by atoms with Gasteiger partial charge >= 0.3 is 5.97 Å². The molecule has 0 aliphatic carbocycles. The lowest BCUT2D eigenvalue weighted by molar-refractivity contribution is -0.131. The fourth-order valence-corrected chi connectivity index (χ4v) is 4.12. The molecule has 1 heterocycles. The van der Waals surface area contributed by atoms with Gasteiger partial charge < -0.3 is 5.11 Å². The molecule has 1 N–H and O–H groups in total. The third-order valence-corrected chi connectivity index (χ3v) is 5.56. The second-order valence-corrected chi connectivity index (χ2v) is 8.91. The Hall–Kier alpha value is -1.86. The van der Waals surface area contributed by atoms with Gasteiger partial charge in [0.1, 0.15) is 0 Å². The van der Waals surface area contributed by atoms with Crippen molar-refractivity contribution in [2.24, 2.45) is 5.41 Å². The first kappa shape index (κ1) is 18.5. The summed E-state index contributed by atoms with van der Waals surface area (Å²) >= 11 is 3.27. The zero-order chi connectivity index (χ0) is 18.0.